The van der Waals surface area contributed by atoms with Crippen molar-refractivity contribution in [2.45, 2.75) is 25.9 Å². The van der Waals surface area contributed by atoms with Crippen LogP contribution in [0.1, 0.15) is 13.8 Å². The molecule has 1 amide bonds. The minimum Gasteiger partial charge on any atom is -0.410 e. The second kappa shape index (κ2) is 5.19. The Morgan fingerprint density at radius 1 is 1.24 bits per heavy atom. The first kappa shape index (κ1) is 11.9. The fourth-order valence-corrected chi connectivity index (χ4v) is 2.13. The van der Waals surface area contributed by atoms with Gasteiger partial charge in [-0.25, -0.2) is 4.79 Å². The maximum atomic E-state index is 11.9. The van der Waals surface area contributed by atoms with Crippen molar-refractivity contribution < 1.29 is 9.53 Å². The van der Waals surface area contributed by atoms with Crippen LogP contribution in [0.2, 0.25) is 0 Å². The van der Waals surface area contributed by atoms with E-state index < -0.39 is 0 Å². The maximum absolute atomic E-state index is 11.9. The van der Waals surface area contributed by atoms with Crippen LogP contribution in [0.3, 0.4) is 0 Å². The molecule has 0 radical (unpaired) electrons. The molecule has 2 rings (SSSR count). The van der Waals surface area contributed by atoms with Crippen LogP contribution in [0.15, 0.2) is 30.3 Å². The summed E-state index contributed by atoms with van der Waals surface area (Å²) in [6.45, 7) is 5.52. The molecule has 1 saturated heterocycles. The summed E-state index contributed by atoms with van der Waals surface area (Å²) in [5.74, 6) is 0.594. The number of carbonyl (C=O) groups is 1. The highest BCUT2D eigenvalue weighted by Gasteiger charge is 2.25. The predicted molar refractivity (Wildman–Crippen MR) is 66.1 cm³/mol. The summed E-state index contributed by atoms with van der Waals surface area (Å²) in [5, 5.41) is 3.38. The van der Waals surface area contributed by atoms with Gasteiger partial charge in [0.1, 0.15) is 5.75 Å². The third kappa shape index (κ3) is 3.20. The number of para-hydroxylation sites is 1. The average Bonchev–Trinajstić information content (AvgIpc) is 2.29. The number of benzene rings is 1. The third-order valence-electron chi connectivity index (χ3n) is 2.76. The quantitative estimate of drug-likeness (QED) is 0.806. The van der Waals surface area contributed by atoms with Gasteiger partial charge in [0.15, 0.2) is 0 Å². The fraction of sp³-hybridized carbons (Fsp3) is 0.462. The number of carbonyl (C=O) groups excluding carboxylic acids is 1. The largest absolute Gasteiger partial charge is 0.415 e. The van der Waals surface area contributed by atoms with Crippen LogP contribution < -0.4 is 10.1 Å². The molecule has 1 aromatic rings. The first-order valence-electron chi connectivity index (χ1n) is 5.93. The molecule has 0 bridgehead atoms. The zero-order valence-electron chi connectivity index (χ0n) is 10.2. The van der Waals surface area contributed by atoms with Gasteiger partial charge in [-0.1, -0.05) is 18.2 Å². The molecule has 1 aromatic carbocycles. The average molecular weight is 234 g/mol. The fourth-order valence-electron chi connectivity index (χ4n) is 2.13. The Labute approximate surface area is 102 Å². The highest BCUT2D eigenvalue weighted by Crippen LogP contribution is 2.12. The Hall–Kier alpha value is -1.55. The van der Waals surface area contributed by atoms with Gasteiger partial charge in [0.25, 0.3) is 0 Å². The van der Waals surface area contributed by atoms with Crippen molar-refractivity contribution in [2.75, 3.05) is 13.1 Å². The summed E-state index contributed by atoms with van der Waals surface area (Å²) in [7, 11) is 0. The van der Waals surface area contributed by atoms with Crippen LogP contribution in [0.5, 0.6) is 5.75 Å². The van der Waals surface area contributed by atoms with E-state index in [9.17, 15) is 4.79 Å². The summed E-state index contributed by atoms with van der Waals surface area (Å²) in [5.41, 5.74) is 0. The molecule has 0 spiro atoms. The van der Waals surface area contributed by atoms with Gasteiger partial charge in [-0.2, -0.15) is 0 Å². The molecule has 2 atom stereocenters. The number of hydrogen-bond donors (Lipinski definition) is 1. The molecule has 4 heteroatoms. The molecule has 0 aliphatic carbocycles. The number of rotatable bonds is 1. The number of piperazine rings is 1. The molecule has 1 N–H and O–H groups in total. The van der Waals surface area contributed by atoms with Crippen molar-refractivity contribution >= 4 is 6.09 Å². The molecule has 2 unspecified atom stereocenters. The number of hydrogen-bond acceptors (Lipinski definition) is 3. The van der Waals surface area contributed by atoms with Crippen LogP contribution >= 0.6 is 0 Å². The molecule has 92 valence electrons. The molecule has 0 aromatic heterocycles. The summed E-state index contributed by atoms with van der Waals surface area (Å²) >= 11 is 0. The van der Waals surface area contributed by atoms with Gasteiger partial charge in [-0.15, -0.1) is 0 Å². The van der Waals surface area contributed by atoms with Gasteiger partial charge in [0.05, 0.1) is 0 Å². The van der Waals surface area contributed by atoms with E-state index >= 15 is 0 Å². The SMILES string of the molecule is CC1CN(C(=O)Oc2ccccc2)CC(C)N1. The lowest BCUT2D eigenvalue weighted by molar-refractivity contribution is 0.126. The molecule has 1 aliphatic rings. The zero-order valence-corrected chi connectivity index (χ0v) is 10.2. The Morgan fingerprint density at radius 3 is 2.41 bits per heavy atom. The monoisotopic (exact) mass is 234 g/mol. The smallest absolute Gasteiger partial charge is 0.410 e. The normalized spacial score (nSPS) is 24.5. The minimum absolute atomic E-state index is 0.267. The van der Waals surface area contributed by atoms with Crippen molar-refractivity contribution in [2.24, 2.45) is 0 Å². The van der Waals surface area contributed by atoms with Crippen LogP contribution in [0.25, 0.3) is 0 Å². The van der Waals surface area contributed by atoms with Crippen molar-refractivity contribution in [1.82, 2.24) is 10.2 Å². The second-order valence-electron chi connectivity index (χ2n) is 4.55. The highest BCUT2D eigenvalue weighted by atomic mass is 16.6. The lowest BCUT2D eigenvalue weighted by atomic mass is 10.2. The first-order valence-corrected chi connectivity index (χ1v) is 5.93. The van der Waals surface area contributed by atoms with E-state index in [2.05, 4.69) is 19.2 Å². The van der Waals surface area contributed by atoms with E-state index in [1.165, 1.54) is 0 Å². The second-order valence-corrected chi connectivity index (χ2v) is 4.55. The lowest BCUT2D eigenvalue weighted by Gasteiger charge is -2.35. The Kier molecular flexibility index (Phi) is 3.64. The van der Waals surface area contributed by atoms with E-state index in [1.54, 1.807) is 17.0 Å². The number of nitrogens with zero attached hydrogens (tertiary/aromatic N) is 1. The van der Waals surface area contributed by atoms with Crippen molar-refractivity contribution in [1.29, 1.82) is 0 Å². The van der Waals surface area contributed by atoms with E-state index in [0.717, 1.165) is 0 Å². The minimum atomic E-state index is -0.267. The summed E-state index contributed by atoms with van der Waals surface area (Å²) in [6, 6.07) is 9.79. The highest BCUT2D eigenvalue weighted by molar-refractivity contribution is 5.70. The lowest BCUT2D eigenvalue weighted by Crippen LogP contribution is -2.56. The van der Waals surface area contributed by atoms with Gasteiger partial charge in [-0.3, -0.25) is 0 Å². The Balaban J connectivity index is 1.96. The van der Waals surface area contributed by atoms with Crippen molar-refractivity contribution in [3.63, 3.8) is 0 Å². The molecule has 1 fully saturated rings. The van der Waals surface area contributed by atoms with Gasteiger partial charge >= 0.3 is 6.09 Å². The van der Waals surface area contributed by atoms with Gasteiger partial charge in [0, 0.05) is 25.2 Å². The zero-order chi connectivity index (χ0) is 12.3. The molecule has 1 heterocycles. The summed E-state index contributed by atoms with van der Waals surface area (Å²) in [6.07, 6.45) is -0.267. The molecular weight excluding hydrogens is 216 g/mol. The molecular formula is C13H18N2O2. The van der Waals surface area contributed by atoms with Gasteiger partial charge in [-0.05, 0) is 26.0 Å². The van der Waals surface area contributed by atoms with Crippen molar-refractivity contribution in [3.05, 3.63) is 30.3 Å². The van der Waals surface area contributed by atoms with E-state index in [-0.39, 0.29) is 6.09 Å². The van der Waals surface area contributed by atoms with Crippen LogP contribution in [0.4, 0.5) is 4.79 Å². The molecule has 0 saturated carbocycles. The first-order chi connectivity index (χ1) is 8.15. The number of ether oxygens (including phenoxy) is 1. The summed E-state index contributed by atoms with van der Waals surface area (Å²) in [4.78, 5) is 13.7. The molecule has 1 aliphatic heterocycles. The predicted octanol–water partition coefficient (Wildman–Crippen LogP) is 1.87. The van der Waals surface area contributed by atoms with Crippen LogP contribution in [-0.4, -0.2) is 36.2 Å². The number of nitrogens with one attached hydrogen (secondary N) is 1. The topological polar surface area (TPSA) is 41.6 Å². The van der Waals surface area contributed by atoms with Gasteiger partial charge < -0.3 is 15.0 Å². The van der Waals surface area contributed by atoms with Crippen LogP contribution in [-0.2, 0) is 0 Å². The van der Waals surface area contributed by atoms with Gasteiger partial charge in [0.2, 0.25) is 0 Å². The van der Waals surface area contributed by atoms with Crippen molar-refractivity contribution in [3.8, 4) is 5.75 Å². The molecule has 4 nitrogen and oxygen atoms in total. The van der Waals surface area contributed by atoms with E-state index in [4.69, 9.17) is 4.74 Å². The standard InChI is InChI=1S/C13H18N2O2/c1-10-8-15(9-11(2)14-10)13(16)17-12-6-4-3-5-7-12/h3-7,10-11,14H,8-9H2,1-2H3. The van der Waals surface area contributed by atoms with E-state index in [0.29, 0.717) is 30.9 Å². The summed E-state index contributed by atoms with van der Waals surface area (Å²) < 4.78 is 5.31. The Bertz CT molecular complexity index is 370. The van der Waals surface area contributed by atoms with E-state index in [1.807, 2.05) is 18.2 Å². The maximum Gasteiger partial charge on any atom is 0.415 e. The number of amides is 1. The Morgan fingerprint density at radius 2 is 1.82 bits per heavy atom. The van der Waals surface area contributed by atoms with Crippen LogP contribution in [0, 0.1) is 0 Å². The molecule has 17 heavy (non-hydrogen) atoms. The third-order valence-corrected chi connectivity index (χ3v) is 2.76.